The van der Waals surface area contributed by atoms with Gasteiger partial charge in [0, 0.05) is 12.5 Å². The molecule has 2 aromatic rings. The van der Waals surface area contributed by atoms with E-state index in [0.717, 1.165) is 36.8 Å². The van der Waals surface area contributed by atoms with Crippen LogP contribution in [-0.4, -0.2) is 77.8 Å². The number of carbonyl (C=O) groups is 4. The average Bonchev–Trinajstić information content (AvgIpc) is 3.06. The number of benzene rings is 2. The van der Waals surface area contributed by atoms with Gasteiger partial charge in [0.2, 0.25) is 23.6 Å². The van der Waals surface area contributed by atoms with E-state index in [2.05, 4.69) is 16.0 Å². The fraction of sp³-hybridized carbons (Fsp3) is 0.568. The van der Waals surface area contributed by atoms with Crippen LogP contribution in [0.3, 0.4) is 0 Å². The Morgan fingerprint density at radius 3 is 1.94 bits per heavy atom. The minimum atomic E-state index is -0.810. The number of carbonyl (C=O) groups excluding carboxylic acids is 4. The molecule has 4 saturated carbocycles. The number of primary amides is 1. The zero-order valence-corrected chi connectivity index (χ0v) is 28.6. The van der Waals surface area contributed by atoms with Gasteiger partial charge < -0.3 is 26.6 Å². The van der Waals surface area contributed by atoms with Gasteiger partial charge in [-0.05, 0) is 98.3 Å². The van der Waals surface area contributed by atoms with E-state index in [1.165, 1.54) is 6.42 Å². The van der Waals surface area contributed by atoms with E-state index in [9.17, 15) is 19.2 Å². The Hall–Kier alpha value is -3.37. The monoisotopic (exact) mass is 661 g/mol. The molecule has 4 bridgehead atoms. The molecule has 3 atom stereocenters. The number of nitrogens with one attached hydrogen (secondary N) is 3. The topological polar surface area (TPSA) is 134 Å². The molecule has 4 aliphatic rings. The zero-order valence-electron chi connectivity index (χ0n) is 27.7. The van der Waals surface area contributed by atoms with Crippen LogP contribution in [0.4, 0.5) is 0 Å². The van der Waals surface area contributed by atoms with Crippen molar-refractivity contribution in [2.45, 2.75) is 82.5 Å². The van der Waals surface area contributed by atoms with Gasteiger partial charge in [0.1, 0.15) is 12.1 Å². The lowest BCUT2D eigenvalue weighted by Crippen LogP contribution is -2.64. The molecule has 9 nitrogen and oxygen atoms in total. The molecule has 10 heteroatoms. The van der Waals surface area contributed by atoms with E-state index in [4.69, 9.17) is 5.73 Å². The molecule has 0 spiro atoms. The number of amides is 4. The predicted octanol–water partition coefficient (Wildman–Crippen LogP) is 3.31. The van der Waals surface area contributed by atoms with Crippen molar-refractivity contribution in [2.24, 2.45) is 29.4 Å². The van der Waals surface area contributed by atoms with Crippen molar-refractivity contribution in [3.05, 3.63) is 71.8 Å². The van der Waals surface area contributed by atoms with Crippen molar-refractivity contribution in [3.63, 3.8) is 0 Å². The van der Waals surface area contributed by atoms with E-state index < -0.39 is 29.9 Å². The van der Waals surface area contributed by atoms with Gasteiger partial charge in [-0.15, -0.1) is 0 Å². The highest BCUT2D eigenvalue weighted by Crippen LogP contribution is 2.55. The number of rotatable bonds is 17. The second-order valence-corrected chi connectivity index (χ2v) is 14.7. The van der Waals surface area contributed by atoms with Crippen LogP contribution in [0.5, 0.6) is 0 Å². The Balaban J connectivity index is 1.31. The molecular weight excluding hydrogens is 611 g/mol. The van der Waals surface area contributed by atoms with E-state index in [1.807, 2.05) is 73.8 Å². The van der Waals surface area contributed by atoms with Crippen molar-refractivity contribution < 1.29 is 19.2 Å². The summed E-state index contributed by atoms with van der Waals surface area (Å²) in [5.74, 6) is 1.25. The van der Waals surface area contributed by atoms with Gasteiger partial charge in [-0.3, -0.25) is 19.2 Å². The lowest BCUT2D eigenvalue weighted by atomic mass is 9.53. The summed E-state index contributed by atoms with van der Waals surface area (Å²) in [6.07, 6.45) is 8.77. The molecule has 4 aliphatic carbocycles. The average molecular weight is 662 g/mol. The Labute approximate surface area is 283 Å². The fourth-order valence-electron chi connectivity index (χ4n) is 8.58. The van der Waals surface area contributed by atoms with E-state index >= 15 is 0 Å². The summed E-state index contributed by atoms with van der Waals surface area (Å²) in [4.78, 5) is 56.2. The number of hydrogen-bond acceptors (Lipinski definition) is 6. The Morgan fingerprint density at radius 1 is 0.830 bits per heavy atom. The van der Waals surface area contributed by atoms with Crippen LogP contribution in [-0.2, 0) is 32.0 Å². The lowest BCUT2D eigenvalue weighted by Gasteiger charge is -2.58. The van der Waals surface area contributed by atoms with Gasteiger partial charge in [-0.2, -0.15) is 11.8 Å². The molecular formula is C37H51N5O4S. The smallest absolute Gasteiger partial charge is 0.243 e. The van der Waals surface area contributed by atoms with Crippen molar-refractivity contribution in [1.82, 2.24) is 20.9 Å². The van der Waals surface area contributed by atoms with E-state index in [-0.39, 0.29) is 24.4 Å². The van der Waals surface area contributed by atoms with Crippen LogP contribution < -0.4 is 21.7 Å². The van der Waals surface area contributed by atoms with E-state index in [0.29, 0.717) is 55.2 Å². The number of nitrogens with zero attached hydrogens (tertiary/aromatic N) is 1. The minimum Gasteiger partial charge on any atom is -0.368 e. The van der Waals surface area contributed by atoms with Crippen LogP contribution >= 0.6 is 11.8 Å². The zero-order chi connectivity index (χ0) is 33.3. The van der Waals surface area contributed by atoms with Crippen LogP contribution in [0.25, 0.3) is 0 Å². The highest BCUT2D eigenvalue weighted by molar-refractivity contribution is 7.98. The largest absolute Gasteiger partial charge is 0.368 e. The first-order valence-electron chi connectivity index (χ1n) is 17.3. The Bertz CT molecular complexity index is 1330. The summed E-state index contributed by atoms with van der Waals surface area (Å²) in [5, 5.41) is 9.06. The normalized spacial score (nSPS) is 24.6. The fourth-order valence-corrected chi connectivity index (χ4v) is 9.05. The summed E-state index contributed by atoms with van der Waals surface area (Å²) in [6.45, 7) is 2.29. The van der Waals surface area contributed by atoms with Gasteiger partial charge in [0.05, 0.1) is 12.6 Å². The Kier molecular flexibility index (Phi) is 12.4. The summed E-state index contributed by atoms with van der Waals surface area (Å²) in [7, 11) is 0. The maximum Gasteiger partial charge on any atom is 0.243 e. The maximum absolute atomic E-state index is 14.3. The number of nitrogens with two attached hydrogens (primary N) is 1. The first kappa shape index (κ1) is 35.0. The number of hydrogen-bond donors (Lipinski definition) is 4. The van der Waals surface area contributed by atoms with Gasteiger partial charge in [-0.1, -0.05) is 67.6 Å². The van der Waals surface area contributed by atoms with Crippen molar-refractivity contribution in [2.75, 3.05) is 25.1 Å². The third kappa shape index (κ3) is 8.96. The molecule has 2 aromatic carbocycles. The molecule has 254 valence electrons. The summed E-state index contributed by atoms with van der Waals surface area (Å²) < 4.78 is 0. The van der Waals surface area contributed by atoms with Gasteiger partial charge in [-0.25, -0.2) is 0 Å². The molecule has 4 fully saturated rings. The number of likely N-dealkylation sites (N-methyl/N-ethyl adjacent to an activating group) is 1. The molecule has 6 rings (SSSR count). The highest BCUT2D eigenvalue weighted by atomic mass is 32.2. The van der Waals surface area contributed by atoms with Crippen LogP contribution in [0.15, 0.2) is 60.7 Å². The third-order valence-electron chi connectivity index (χ3n) is 10.4. The van der Waals surface area contributed by atoms with Crippen molar-refractivity contribution in [1.29, 1.82) is 0 Å². The van der Waals surface area contributed by atoms with Gasteiger partial charge >= 0.3 is 0 Å². The first-order valence-corrected chi connectivity index (χ1v) is 18.6. The second-order valence-electron chi connectivity index (χ2n) is 13.7. The summed E-state index contributed by atoms with van der Waals surface area (Å²) in [6, 6.07) is 17.3. The van der Waals surface area contributed by atoms with Crippen LogP contribution in [0.1, 0.15) is 56.6 Å². The van der Waals surface area contributed by atoms with Crippen LogP contribution in [0.2, 0.25) is 0 Å². The minimum absolute atomic E-state index is 0.0701. The van der Waals surface area contributed by atoms with Crippen molar-refractivity contribution in [3.8, 4) is 0 Å². The van der Waals surface area contributed by atoms with E-state index in [1.54, 1.807) is 16.7 Å². The lowest BCUT2D eigenvalue weighted by molar-refractivity contribution is -0.153. The molecule has 4 amide bonds. The highest BCUT2D eigenvalue weighted by Gasteiger charge is 2.52. The molecule has 0 radical (unpaired) electrons. The molecule has 47 heavy (non-hydrogen) atoms. The van der Waals surface area contributed by atoms with Gasteiger partial charge in [0.25, 0.3) is 0 Å². The predicted molar refractivity (Wildman–Crippen MR) is 186 cm³/mol. The summed E-state index contributed by atoms with van der Waals surface area (Å²) >= 11 is 1.59. The van der Waals surface area contributed by atoms with Crippen molar-refractivity contribution >= 4 is 35.4 Å². The molecule has 0 aliphatic heterocycles. The molecule has 0 saturated heterocycles. The maximum atomic E-state index is 14.3. The SMILES string of the molecule is CCN[C@@H](Cc1ccccc1)C(=O)N[C@H](CCSC)C(=O)NCC(=O)N(C1C2CC3CC(C2)CC1C3)[C@H](Cc1ccccc1)C(N)=O. The van der Waals surface area contributed by atoms with Gasteiger partial charge in [0.15, 0.2) is 0 Å². The Morgan fingerprint density at radius 2 is 1.40 bits per heavy atom. The van der Waals surface area contributed by atoms with Crippen LogP contribution in [0, 0.1) is 23.7 Å². The molecule has 0 heterocycles. The molecule has 5 N–H and O–H groups in total. The second kappa shape index (κ2) is 16.6. The molecule has 0 aromatic heterocycles. The third-order valence-corrected chi connectivity index (χ3v) is 11.1. The standard InChI is InChI=1S/C37H51N5O4S/c1-3-39-31(21-24-10-6-4-7-11-24)37(46)41-30(14-15-47-2)36(45)40-23-33(43)42(32(35(38)44)22-25-12-8-5-9-13-25)34-28-17-26-16-27(19-28)20-29(34)18-26/h4-13,26-32,34,39H,3,14-23H2,1-2H3,(H2,38,44)(H,40,45)(H,41,46)/t26?,27?,28?,29?,30-,31+,32-,34?/m1/s1. The first-order chi connectivity index (χ1) is 22.8. The summed E-state index contributed by atoms with van der Waals surface area (Å²) in [5.41, 5.74) is 8.02. The molecule has 0 unspecified atom stereocenters. The quantitative estimate of drug-likeness (QED) is 0.206. The number of thioether (sulfide) groups is 1.